The van der Waals surface area contributed by atoms with Crippen molar-refractivity contribution in [2.24, 2.45) is 11.3 Å². The van der Waals surface area contributed by atoms with Crippen LogP contribution in [0.4, 0.5) is 13.2 Å². The summed E-state index contributed by atoms with van der Waals surface area (Å²) < 4.78 is 43.1. The van der Waals surface area contributed by atoms with E-state index in [4.69, 9.17) is 0 Å². The minimum absolute atomic E-state index is 0.0624. The minimum Gasteiger partial charge on any atom is -0.289 e. The van der Waals surface area contributed by atoms with Crippen molar-refractivity contribution in [2.75, 3.05) is 0 Å². The van der Waals surface area contributed by atoms with Crippen LogP contribution in [0.15, 0.2) is 77.9 Å². The molecule has 0 bridgehead atoms. The Hall–Kier alpha value is -3.66. The molecule has 0 radical (unpaired) electrons. The predicted octanol–water partition coefficient (Wildman–Crippen LogP) is 7.04. The van der Waals surface area contributed by atoms with Crippen molar-refractivity contribution >= 4 is 33.3 Å². The second kappa shape index (κ2) is 6.02. The van der Waals surface area contributed by atoms with E-state index < -0.39 is 17.5 Å². The highest BCUT2D eigenvalue weighted by Gasteiger charge is 2.49. The van der Waals surface area contributed by atoms with Crippen LogP contribution >= 0.6 is 0 Å². The van der Waals surface area contributed by atoms with Crippen molar-refractivity contribution in [3.63, 3.8) is 0 Å². The fraction of sp³-hybridized carbons (Fsp3) is 0.138. The van der Waals surface area contributed by atoms with E-state index in [2.05, 4.69) is 19.1 Å². The largest absolute Gasteiger partial charge is 0.289 e. The third-order valence-corrected chi connectivity index (χ3v) is 7.59. The van der Waals surface area contributed by atoms with Crippen molar-refractivity contribution in [3.8, 4) is 0 Å². The van der Waals surface area contributed by atoms with Crippen LogP contribution in [0, 0.1) is 28.8 Å². The summed E-state index contributed by atoms with van der Waals surface area (Å²) >= 11 is 0. The van der Waals surface area contributed by atoms with Crippen molar-refractivity contribution in [2.45, 2.75) is 13.3 Å². The Morgan fingerprint density at radius 2 is 1.42 bits per heavy atom. The first-order valence-corrected chi connectivity index (χ1v) is 11.0. The first-order chi connectivity index (χ1) is 15.9. The molecule has 2 unspecified atom stereocenters. The van der Waals surface area contributed by atoms with Gasteiger partial charge in [0, 0.05) is 27.7 Å². The van der Waals surface area contributed by atoms with E-state index in [0.29, 0.717) is 50.3 Å². The van der Waals surface area contributed by atoms with Crippen LogP contribution in [0.1, 0.15) is 30.0 Å². The molecule has 0 N–H and O–H groups in total. The number of halogens is 3. The van der Waals surface area contributed by atoms with E-state index >= 15 is 0 Å². The summed E-state index contributed by atoms with van der Waals surface area (Å²) in [5, 5.41) is 0.425. The second-order valence-corrected chi connectivity index (χ2v) is 9.55. The maximum atomic E-state index is 14.7. The number of hydrogen-bond donors (Lipinski definition) is 0. The van der Waals surface area contributed by atoms with Gasteiger partial charge in [0.15, 0.2) is 5.78 Å². The summed E-state index contributed by atoms with van der Waals surface area (Å²) in [5.41, 5.74) is 5.27. The van der Waals surface area contributed by atoms with Crippen LogP contribution in [0.5, 0.6) is 0 Å². The minimum atomic E-state index is -0.629. The van der Waals surface area contributed by atoms with Crippen molar-refractivity contribution < 1.29 is 18.0 Å². The lowest BCUT2D eigenvalue weighted by atomic mass is 9.88. The first kappa shape index (κ1) is 18.9. The van der Waals surface area contributed by atoms with Gasteiger partial charge in [-0.15, -0.1) is 0 Å². The highest BCUT2D eigenvalue weighted by Crippen LogP contribution is 2.60. The molecule has 0 spiro atoms. The lowest BCUT2D eigenvalue weighted by molar-refractivity contribution is -0.110. The van der Waals surface area contributed by atoms with Crippen molar-refractivity contribution in [3.05, 3.63) is 112 Å². The molecule has 1 saturated carbocycles. The first-order valence-electron chi connectivity index (χ1n) is 11.0. The van der Waals surface area contributed by atoms with Gasteiger partial charge in [0.25, 0.3) is 0 Å². The quantitative estimate of drug-likeness (QED) is 0.419. The SMILES string of the molecule is CC12C=CC(C3=C4C(=C(c5ccc(F)cc5)C3=O)c3ccc(F)c5c(F)ccc4c35)=CC1C2. The Bertz CT molecular complexity index is 1580. The molecule has 1 fully saturated rings. The van der Waals surface area contributed by atoms with Gasteiger partial charge in [0.05, 0.1) is 5.39 Å². The highest BCUT2D eigenvalue weighted by atomic mass is 19.1. The van der Waals surface area contributed by atoms with Gasteiger partial charge in [-0.2, -0.15) is 0 Å². The Kier molecular flexibility index (Phi) is 3.44. The van der Waals surface area contributed by atoms with E-state index in [1.165, 1.54) is 24.3 Å². The average molecular weight is 438 g/mol. The zero-order valence-corrected chi connectivity index (χ0v) is 17.7. The van der Waals surface area contributed by atoms with Gasteiger partial charge in [-0.1, -0.05) is 49.4 Å². The molecule has 0 amide bonds. The molecular formula is C29H17F3O. The van der Waals surface area contributed by atoms with Crippen molar-refractivity contribution in [1.82, 2.24) is 0 Å². The Balaban J connectivity index is 1.57. The summed E-state index contributed by atoms with van der Waals surface area (Å²) in [6, 6.07) is 11.6. The lowest BCUT2D eigenvalue weighted by Crippen LogP contribution is -2.07. The van der Waals surface area contributed by atoms with Gasteiger partial charge in [-0.05, 0) is 64.3 Å². The predicted molar refractivity (Wildman–Crippen MR) is 122 cm³/mol. The molecule has 33 heavy (non-hydrogen) atoms. The highest BCUT2D eigenvalue weighted by molar-refractivity contribution is 6.51. The molecule has 0 saturated heterocycles. The third-order valence-electron chi connectivity index (χ3n) is 7.59. The number of benzene rings is 3. The second-order valence-electron chi connectivity index (χ2n) is 9.55. The Morgan fingerprint density at radius 3 is 2.06 bits per heavy atom. The molecule has 160 valence electrons. The number of carbonyl (C=O) groups excluding carboxylic acids is 1. The monoisotopic (exact) mass is 438 g/mol. The zero-order chi connectivity index (χ0) is 22.6. The van der Waals surface area contributed by atoms with Crippen LogP contribution in [-0.2, 0) is 4.79 Å². The number of Topliss-reactive ketones (excluding diaryl/α,β-unsaturated/α-hetero) is 1. The molecule has 4 aliphatic carbocycles. The number of allylic oxidation sites excluding steroid dienone is 8. The van der Waals surface area contributed by atoms with Crippen LogP contribution < -0.4 is 0 Å². The van der Waals surface area contributed by atoms with Gasteiger partial charge in [-0.3, -0.25) is 4.79 Å². The lowest BCUT2D eigenvalue weighted by Gasteiger charge is -2.14. The summed E-state index contributed by atoms with van der Waals surface area (Å²) in [5.74, 6) is -1.41. The molecule has 0 heterocycles. The van der Waals surface area contributed by atoms with Crippen LogP contribution in [0.3, 0.4) is 0 Å². The van der Waals surface area contributed by atoms with Crippen molar-refractivity contribution in [1.29, 1.82) is 0 Å². The molecule has 1 nitrogen and oxygen atoms in total. The maximum Gasteiger partial charge on any atom is 0.195 e. The fourth-order valence-corrected chi connectivity index (χ4v) is 5.71. The fourth-order valence-electron chi connectivity index (χ4n) is 5.71. The Morgan fingerprint density at radius 1 is 0.788 bits per heavy atom. The van der Waals surface area contributed by atoms with Gasteiger partial charge in [-0.25, -0.2) is 13.2 Å². The number of ketones is 1. The standard InChI is InChI=1S/C29H17F3O/c1-29-11-10-15(12-16(29)13-29)23-26-19-7-9-21(32)27-20(31)8-6-18(24(19)27)25(26)22(28(23)33)14-2-4-17(30)5-3-14/h2-12,16H,13H2,1H3. The Labute approximate surface area is 188 Å². The topological polar surface area (TPSA) is 17.1 Å². The zero-order valence-electron chi connectivity index (χ0n) is 17.7. The molecular weight excluding hydrogens is 421 g/mol. The molecule has 3 aromatic rings. The van der Waals surface area contributed by atoms with Gasteiger partial charge in [0.2, 0.25) is 0 Å². The van der Waals surface area contributed by atoms with Crippen LogP contribution in [0.2, 0.25) is 0 Å². The van der Waals surface area contributed by atoms with Gasteiger partial charge < -0.3 is 0 Å². The molecule has 3 aromatic carbocycles. The molecule has 4 heteroatoms. The molecule has 4 aliphatic rings. The summed E-state index contributed by atoms with van der Waals surface area (Å²) in [6.07, 6.45) is 7.35. The third kappa shape index (κ3) is 2.36. The van der Waals surface area contributed by atoms with Gasteiger partial charge in [0.1, 0.15) is 17.5 Å². The van der Waals surface area contributed by atoms with Crippen LogP contribution in [-0.4, -0.2) is 5.78 Å². The molecule has 2 atom stereocenters. The normalized spacial score (nSPS) is 24.5. The number of fused-ring (bicyclic) bond motifs is 4. The van der Waals surface area contributed by atoms with E-state index in [0.717, 1.165) is 12.0 Å². The molecule has 7 rings (SSSR count). The van der Waals surface area contributed by atoms with E-state index in [1.54, 1.807) is 24.3 Å². The summed E-state index contributed by atoms with van der Waals surface area (Å²) in [6.45, 7) is 2.20. The maximum absolute atomic E-state index is 14.7. The summed E-state index contributed by atoms with van der Waals surface area (Å²) in [4.78, 5) is 13.9. The van der Waals surface area contributed by atoms with E-state index in [-0.39, 0.29) is 16.6 Å². The summed E-state index contributed by atoms with van der Waals surface area (Å²) in [7, 11) is 0. The van der Waals surface area contributed by atoms with E-state index in [9.17, 15) is 18.0 Å². The van der Waals surface area contributed by atoms with Gasteiger partial charge >= 0.3 is 0 Å². The number of hydrogen-bond acceptors (Lipinski definition) is 1. The average Bonchev–Trinajstić information content (AvgIpc) is 3.25. The van der Waals surface area contributed by atoms with E-state index in [1.807, 2.05) is 6.08 Å². The molecule has 0 aromatic heterocycles. The van der Waals surface area contributed by atoms with Crippen LogP contribution in [0.25, 0.3) is 27.5 Å². The molecule has 0 aliphatic heterocycles. The number of rotatable bonds is 2. The number of carbonyl (C=O) groups is 1. The smallest absolute Gasteiger partial charge is 0.195 e.